The van der Waals surface area contributed by atoms with Crippen LogP contribution in [0.25, 0.3) is 0 Å². The molecular weight excluding hydrogens is 348 g/mol. The number of nitro groups is 1. The fraction of sp³-hybridized carbons (Fsp3) is 0.722. The van der Waals surface area contributed by atoms with E-state index in [0.29, 0.717) is 5.95 Å². The largest absolute Gasteiger partial charge is 0.378 e. The van der Waals surface area contributed by atoms with Gasteiger partial charge in [-0.1, -0.05) is 25.7 Å². The van der Waals surface area contributed by atoms with E-state index in [2.05, 4.69) is 20.6 Å². The molecule has 1 heterocycles. The Labute approximate surface area is 158 Å². The first-order chi connectivity index (χ1) is 13.0. The van der Waals surface area contributed by atoms with Gasteiger partial charge in [-0.3, -0.25) is 14.9 Å². The lowest BCUT2D eigenvalue weighted by molar-refractivity contribution is -0.384. The predicted octanol–water partition coefficient (Wildman–Crippen LogP) is 2.78. The molecule has 0 aliphatic heterocycles. The summed E-state index contributed by atoms with van der Waals surface area (Å²) < 4.78 is 0. The van der Waals surface area contributed by atoms with Crippen LogP contribution in [0.1, 0.15) is 64.2 Å². The SMILES string of the molecule is Nc1nc(NC2CCC(NC(=O)C3CCCCCC3)CC2)ncc1[N+](=O)[O-]. The Kier molecular flexibility index (Phi) is 6.41. The van der Waals surface area contributed by atoms with E-state index in [0.717, 1.165) is 57.6 Å². The zero-order chi connectivity index (χ0) is 19.2. The van der Waals surface area contributed by atoms with Crippen LogP contribution in [0.5, 0.6) is 0 Å². The predicted molar refractivity (Wildman–Crippen MR) is 102 cm³/mol. The summed E-state index contributed by atoms with van der Waals surface area (Å²) in [6.07, 6.45) is 11.5. The smallest absolute Gasteiger partial charge is 0.329 e. The van der Waals surface area contributed by atoms with Crippen LogP contribution >= 0.6 is 0 Å². The Morgan fingerprint density at radius 2 is 1.70 bits per heavy atom. The summed E-state index contributed by atoms with van der Waals surface area (Å²) in [6, 6.07) is 0.401. The number of aromatic nitrogens is 2. The summed E-state index contributed by atoms with van der Waals surface area (Å²) in [4.78, 5) is 30.6. The van der Waals surface area contributed by atoms with Crippen molar-refractivity contribution in [1.29, 1.82) is 0 Å². The molecule has 2 fully saturated rings. The van der Waals surface area contributed by atoms with Crippen LogP contribution in [0.15, 0.2) is 6.20 Å². The number of carbonyl (C=O) groups is 1. The third-order valence-electron chi connectivity index (χ3n) is 5.63. The molecule has 3 rings (SSSR count). The molecule has 148 valence electrons. The lowest BCUT2D eigenvalue weighted by atomic mass is 9.90. The van der Waals surface area contributed by atoms with E-state index in [1.165, 1.54) is 12.8 Å². The number of rotatable bonds is 5. The second-order valence-electron chi connectivity index (χ2n) is 7.61. The van der Waals surface area contributed by atoms with Crippen molar-refractivity contribution < 1.29 is 9.72 Å². The Balaban J connectivity index is 1.45. The van der Waals surface area contributed by atoms with Gasteiger partial charge in [0.2, 0.25) is 17.7 Å². The van der Waals surface area contributed by atoms with Gasteiger partial charge in [-0.15, -0.1) is 0 Å². The van der Waals surface area contributed by atoms with E-state index in [9.17, 15) is 14.9 Å². The van der Waals surface area contributed by atoms with Gasteiger partial charge in [-0.2, -0.15) is 4.98 Å². The van der Waals surface area contributed by atoms with Crippen LogP contribution in [-0.2, 0) is 4.79 Å². The zero-order valence-corrected chi connectivity index (χ0v) is 15.5. The molecule has 0 saturated heterocycles. The second-order valence-corrected chi connectivity index (χ2v) is 7.61. The number of nitrogens with one attached hydrogen (secondary N) is 2. The van der Waals surface area contributed by atoms with Gasteiger partial charge in [0.25, 0.3) is 0 Å². The van der Waals surface area contributed by atoms with E-state index in [1.54, 1.807) is 0 Å². The highest BCUT2D eigenvalue weighted by atomic mass is 16.6. The standard InChI is InChI=1S/C18H28N6O3/c19-16-15(24(26)27)11-20-18(23-16)22-14-9-7-13(8-10-14)21-17(25)12-5-3-1-2-4-6-12/h11-14H,1-10H2,(H,21,25)(H3,19,20,22,23). The van der Waals surface area contributed by atoms with E-state index in [-0.39, 0.29) is 35.4 Å². The van der Waals surface area contributed by atoms with Gasteiger partial charge in [0.1, 0.15) is 6.20 Å². The minimum Gasteiger partial charge on any atom is -0.378 e. The van der Waals surface area contributed by atoms with Crippen LogP contribution < -0.4 is 16.4 Å². The van der Waals surface area contributed by atoms with E-state index in [1.807, 2.05) is 0 Å². The number of carbonyl (C=O) groups excluding carboxylic acids is 1. The van der Waals surface area contributed by atoms with Gasteiger partial charge < -0.3 is 16.4 Å². The maximum Gasteiger partial charge on any atom is 0.329 e. The second kappa shape index (κ2) is 8.96. The summed E-state index contributed by atoms with van der Waals surface area (Å²) in [5.41, 5.74) is 5.32. The van der Waals surface area contributed by atoms with Crippen LogP contribution in [0.2, 0.25) is 0 Å². The first-order valence-corrected chi connectivity index (χ1v) is 9.86. The third kappa shape index (κ3) is 5.27. The molecule has 4 N–H and O–H groups in total. The molecule has 0 radical (unpaired) electrons. The fourth-order valence-corrected chi connectivity index (χ4v) is 4.02. The lowest BCUT2D eigenvalue weighted by Gasteiger charge is -2.30. The van der Waals surface area contributed by atoms with Gasteiger partial charge in [0.05, 0.1) is 4.92 Å². The first kappa shape index (κ1) is 19.3. The number of hydrogen-bond acceptors (Lipinski definition) is 7. The molecule has 0 unspecified atom stereocenters. The van der Waals surface area contributed by atoms with Crippen molar-refractivity contribution >= 4 is 23.4 Å². The monoisotopic (exact) mass is 376 g/mol. The Morgan fingerprint density at radius 3 is 2.30 bits per heavy atom. The lowest BCUT2D eigenvalue weighted by Crippen LogP contribution is -2.42. The van der Waals surface area contributed by atoms with Crippen LogP contribution in [0, 0.1) is 16.0 Å². The van der Waals surface area contributed by atoms with Gasteiger partial charge in [-0.05, 0) is 38.5 Å². The molecular formula is C18H28N6O3. The number of anilines is 2. The molecule has 0 bridgehead atoms. The topological polar surface area (TPSA) is 136 Å². The van der Waals surface area contributed by atoms with Crippen molar-refractivity contribution in [3.05, 3.63) is 16.3 Å². The summed E-state index contributed by atoms with van der Waals surface area (Å²) >= 11 is 0. The molecule has 2 aliphatic carbocycles. The van der Waals surface area contributed by atoms with Crippen LogP contribution in [0.4, 0.5) is 17.5 Å². The van der Waals surface area contributed by atoms with Crippen molar-refractivity contribution in [3.8, 4) is 0 Å². The average Bonchev–Trinajstić information content (AvgIpc) is 2.92. The van der Waals surface area contributed by atoms with Crippen molar-refractivity contribution in [1.82, 2.24) is 15.3 Å². The Bertz CT molecular complexity index is 667. The molecule has 0 atom stereocenters. The summed E-state index contributed by atoms with van der Waals surface area (Å²) in [5.74, 6) is 0.575. The van der Waals surface area contributed by atoms with E-state index >= 15 is 0 Å². The normalized spacial score (nSPS) is 24.0. The molecule has 2 aliphatic rings. The molecule has 1 aromatic heterocycles. The summed E-state index contributed by atoms with van der Waals surface area (Å²) in [5, 5.41) is 17.2. The number of amides is 1. The molecule has 1 aromatic rings. The molecule has 0 aromatic carbocycles. The van der Waals surface area contributed by atoms with Crippen molar-refractivity contribution in [2.75, 3.05) is 11.1 Å². The van der Waals surface area contributed by atoms with Crippen LogP contribution in [-0.4, -0.2) is 32.9 Å². The zero-order valence-electron chi connectivity index (χ0n) is 15.5. The van der Waals surface area contributed by atoms with Crippen LogP contribution in [0.3, 0.4) is 0 Å². The first-order valence-electron chi connectivity index (χ1n) is 9.86. The van der Waals surface area contributed by atoms with Crippen molar-refractivity contribution in [2.45, 2.75) is 76.3 Å². The average molecular weight is 376 g/mol. The number of hydrogen-bond donors (Lipinski definition) is 3. The molecule has 2 saturated carbocycles. The highest BCUT2D eigenvalue weighted by molar-refractivity contribution is 5.78. The minimum absolute atomic E-state index is 0.137. The maximum atomic E-state index is 12.5. The number of nitrogen functional groups attached to an aromatic ring is 1. The van der Waals surface area contributed by atoms with Gasteiger partial charge in [0.15, 0.2) is 0 Å². The van der Waals surface area contributed by atoms with Gasteiger partial charge in [-0.25, -0.2) is 4.98 Å². The maximum absolute atomic E-state index is 12.5. The summed E-state index contributed by atoms with van der Waals surface area (Å²) in [6.45, 7) is 0. The molecule has 1 amide bonds. The number of nitrogens with zero attached hydrogens (tertiary/aromatic N) is 3. The molecule has 9 heteroatoms. The molecule has 0 spiro atoms. The highest BCUT2D eigenvalue weighted by Crippen LogP contribution is 2.26. The van der Waals surface area contributed by atoms with Crippen molar-refractivity contribution in [3.63, 3.8) is 0 Å². The Hall–Kier alpha value is -2.45. The molecule has 27 heavy (non-hydrogen) atoms. The quantitative estimate of drug-likeness (QED) is 0.408. The van der Waals surface area contributed by atoms with E-state index < -0.39 is 4.92 Å². The van der Waals surface area contributed by atoms with Gasteiger partial charge in [0, 0.05) is 18.0 Å². The summed E-state index contributed by atoms with van der Waals surface area (Å²) in [7, 11) is 0. The number of nitrogens with two attached hydrogens (primary N) is 1. The van der Waals surface area contributed by atoms with Crippen molar-refractivity contribution in [2.24, 2.45) is 5.92 Å². The minimum atomic E-state index is -0.596. The molecule has 9 nitrogen and oxygen atoms in total. The highest BCUT2D eigenvalue weighted by Gasteiger charge is 2.26. The fourth-order valence-electron chi connectivity index (χ4n) is 4.02. The van der Waals surface area contributed by atoms with E-state index in [4.69, 9.17) is 5.73 Å². The third-order valence-corrected chi connectivity index (χ3v) is 5.63. The van der Waals surface area contributed by atoms with Gasteiger partial charge >= 0.3 is 5.69 Å². The Morgan fingerprint density at radius 1 is 1.07 bits per heavy atom.